The lowest BCUT2D eigenvalue weighted by Gasteiger charge is -2.17. The first-order valence-electron chi connectivity index (χ1n) is 9.82. The number of imidazole rings is 1. The maximum atomic E-state index is 12.5. The zero-order valence-electron chi connectivity index (χ0n) is 17.1. The molecule has 1 aliphatic rings. The molecule has 2 heterocycles. The molecule has 0 fully saturated rings. The highest BCUT2D eigenvalue weighted by Gasteiger charge is 2.21. The number of carbonyl (C=O) groups is 1. The van der Waals surface area contributed by atoms with Crippen molar-refractivity contribution in [1.82, 2.24) is 9.38 Å². The molecule has 0 saturated heterocycles. The average molecular weight is 383 g/mol. The number of aromatic nitrogens is 2. The first-order valence-corrected chi connectivity index (χ1v) is 9.82. The minimum atomic E-state index is -0.287. The maximum absolute atomic E-state index is 12.5. The highest BCUT2D eigenvalue weighted by molar-refractivity contribution is 5.98. The van der Waals surface area contributed by atoms with Gasteiger partial charge < -0.3 is 5.32 Å². The normalized spacial score (nSPS) is 15.8. The molecular formula is C25H25N3O. The number of benzene rings is 1. The van der Waals surface area contributed by atoms with Crippen LogP contribution in [0, 0.1) is 20.8 Å². The Morgan fingerprint density at radius 1 is 1.21 bits per heavy atom. The highest BCUT2D eigenvalue weighted by Crippen LogP contribution is 2.30. The Morgan fingerprint density at radius 2 is 1.97 bits per heavy atom. The molecular weight excluding hydrogens is 358 g/mol. The fourth-order valence-corrected chi connectivity index (χ4v) is 3.95. The zero-order chi connectivity index (χ0) is 20.5. The summed E-state index contributed by atoms with van der Waals surface area (Å²) in [5.74, 6) is -0.199. The Labute approximate surface area is 171 Å². The number of pyridine rings is 1. The third-order valence-corrected chi connectivity index (χ3v) is 5.60. The summed E-state index contributed by atoms with van der Waals surface area (Å²) in [5, 5.41) is 3.57. The molecule has 0 spiro atoms. The van der Waals surface area contributed by atoms with E-state index in [9.17, 15) is 4.79 Å². The van der Waals surface area contributed by atoms with E-state index in [-0.39, 0.29) is 11.7 Å². The Kier molecular flexibility index (Phi) is 4.93. The van der Waals surface area contributed by atoms with Gasteiger partial charge in [0.15, 0.2) is 11.4 Å². The van der Waals surface area contributed by atoms with Crippen LogP contribution in [-0.2, 0) is 11.3 Å². The molecule has 1 atom stereocenters. The van der Waals surface area contributed by atoms with Gasteiger partial charge in [-0.2, -0.15) is 0 Å². The van der Waals surface area contributed by atoms with Crippen molar-refractivity contribution in [2.75, 3.05) is 5.32 Å². The van der Waals surface area contributed by atoms with Crippen molar-refractivity contribution in [3.8, 4) is 0 Å². The lowest BCUT2D eigenvalue weighted by atomic mass is 9.92. The molecule has 4 heteroatoms. The highest BCUT2D eigenvalue weighted by atomic mass is 16.1. The maximum Gasteiger partial charge on any atom is 0.166 e. The molecule has 0 amide bonds. The molecule has 146 valence electrons. The second-order valence-corrected chi connectivity index (χ2v) is 7.52. The van der Waals surface area contributed by atoms with E-state index in [1.807, 2.05) is 41.8 Å². The van der Waals surface area contributed by atoms with Gasteiger partial charge in [0.05, 0.1) is 23.0 Å². The van der Waals surface area contributed by atoms with Crippen molar-refractivity contribution < 1.29 is 4.79 Å². The molecule has 0 saturated carbocycles. The fourth-order valence-electron chi connectivity index (χ4n) is 3.95. The van der Waals surface area contributed by atoms with Gasteiger partial charge in [-0.05, 0) is 61.2 Å². The summed E-state index contributed by atoms with van der Waals surface area (Å²) in [4.78, 5) is 17.2. The number of hydrogen-bond donors (Lipinski definition) is 1. The molecule has 1 aliphatic carbocycles. The van der Waals surface area contributed by atoms with Gasteiger partial charge in [0.25, 0.3) is 0 Å². The summed E-state index contributed by atoms with van der Waals surface area (Å²) in [5.41, 5.74) is 8.34. The van der Waals surface area contributed by atoms with Crippen LogP contribution >= 0.6 is 0 Å². The third-order valence-electron chi connectivity index (χ3n) is 5.60. The molecule has 0 radical (unpaired) electrons. The fraction of sp³-hybridized carbons (Fsp3) is 0.200. The number of rotatable bonds is 5. The molecule has 2 aromatic heterocycles. The lowest BCUT2D eigenvalue weighted by Crippen LogP contribution is -2.12. The minimum absolute atomic E-state index is 0.0875. The summed E-state index contributed by atoms with van der Waals surface area (Å²) in [6.07, 6.45) is 11.1. The predicted molar refractivity (Wildman–Crippen MR) is 119 cm³/mol. The number of nitrogens with zero attached hydrogens (tertiary/aromatic N) is 2. The van der Waals surface area contributed by atoms with Crippen LogP contribution in [0.15, 0.2) is 61.3 Å². The summed E-state index contributed by atoms with van der Waals surface area (Å²) < 4.78 is 2.03. The third kappa shape index (κ3) is 3.42. The number of fused-ring (bicyclic) bond motifs is 1. The van der Waals surface area contributed by atoms with E-state index in [0.717, 1.165) is 28.3 Å². The number of allylic oxidation sites excluding steroid dienone is 4. The van der Waals surface area contributed by atoms with Crippen LogP contribution in [0.3, 0.4) is 0 Å². The monoisotopic (exact) mass is 383 g/mol. The first kappa shape index (κ1) is 18.9. The molecule has 1 aromatic carbocycles. The van der Waals surface area contributed by atoms with Gasteiger partial charge in [0, 0.05) is 12.7 Å². The molecule has 4 rings (SSSR count). The Morgan fingerprint density at radius 3 is 2.66 bits per heavy atom. The van der Waals surface area contributed by atoms with Gasteiger partial charge in [-0.3, -0.25) is 9.20 Å². The summed E-state index contributed by atoms with van der Waals surface area (Å²) in [6.45, 7) is 10.9. The quantitative estimate of drug-likeness (QED) is 0.651. The van der Waals surface area contributed by atoms with Gasteiger partial charge in [0.1, 0.15) is 0 Å². The number of hydrogen-bond acceptors (Lipinski definition) is 3. The van der Waals surface area contributed by atoms with Crippen molar-refractivity contribution in [3.63, 3.8) is 0 Å². The predicted octanol–water partition coefficient (Wildman–Crippen LogP) is 5.29. The molecule has 3 aromatic rings. The van der Waals surface area contributed by atoms with Crippen LogP contribution in [-0.4, -0.2) is 15.2 Å². The van der Waals surface area contributed by atoms with E-state index in [0.29, 0.717) is 6.54 Å². The average Bonchev–Trinajstić information content (AvgIpc) is 3.03. The van der Waals surface area contributed by atoms with Gasteiger partial charge in [0.2, 0.25) is 0 Å². The Hall–Kier alpha value is -3.40. The molecule has 0 aliphatic heterocycles. The van der Waals surface area contributed by atoms with Crippen LogP contribution < -0.4 is 5.32 Å². The smallest absolute Gasteiger partial charge is 0.166 e. The SMILES string of the molecule is C=Cc1c(C)nc2c(NCc3c(C)cccc3C)cc(C3C=CC=CC3=O)cn12. The Balaban J connectivity index is 1.81. The number of nitrogens with one attached hydrogen (secondary N) is 1. The van der Waals surface area contributed by atoms with E-state index in [4.69, 9.17) is 4.98 Å². The molecule has 1 N–H and O–H groups in total. The summed E-state index contributed by atoms with van der Waals surface area (Å²) >= 11 is 0. The van der Waals surface area contributed by atoms with Crippen LogP contribution in [0.25, 0.3) is 11.7 Å². The zero-order valence-corrected chi connectivity index (χ0v) is 17.1. The van der Waals surface area contributed by atoms with E-state index in [1.54, 1.807) is 12.2 Å². The second-order valence-electron chi connectivity index (χ2n) is 7.52. The van der Waals surface area contributed by atoms with Crippen molar-refractivity contribution in [2.24, 2.45) is 0 Å². The van der Waals surface area contributed by atoms with Crippen LogP contribution in [0.2, 0.25) is 0 Å². The van der Waals surface area contributed by atoms with Crippen LogP contribution in [0.1, 0.15) is 39.6 Å². The van der Waals surface area contributed by atoms with E-state index < -0.39 is 0 Å². The molecule has 0 bridgehead atoms. The van der Waals surface area contributed by atoms with Crippen LogP contribution in [0.4, 0.5) is 5.69 Å². The number of aryl methyl sites for hydroxylation is 3. The minimum Gasteiger partial charge on any atom is -0.378 e. The number of anilines is 1. The van der Waals surface area contributed by atoms with E-state index in [1.165, 1.54) is 16.7 Å². The van der Waals surface area contributed by atoms with Crippen molar-refractivity contribution in [3.05, 3.63) is 95.0 Å². The standard InChI is InChI=1S/C25H25N3O/c1-5-23-18(4)27-25-22(26-14-21-16(2)9-8-10-17(21)3)13-19(15-28(23)25)20-11-6-7-12-24(20)29/h5-13,15,20,26H,1,14H2,2-4H3. The van der Waals surface area contributed by atoms with Crippen LogP contribution in [0.5, 0.6) is 0 Å². The lowest BCUT2D eigenvalue weighted by molar-refractivity contribution is -0.115. The summed E-state index contributed by atoms with van der Waals surface area (Å²) in [7, 11) is 0. The van der Waals surface area contributed by atoms with Crippen molar-refractivity contribution in [2.45, 2.75) is 33.2 Å². The topological polar surface area (TPSA) is 46.4 Å². The molecule has 1 unspecified atom stereocenters. The van der Waals surface area contributed by atoms with Gasteiger partial charge >= 0.3 is 0 Å². The largest absolute Gasteiger partial charge is 0.378 e. The van der Waals surface area contributed by atoms with Crippen molar-refractivity contribution in [1.29, 1.82) is 0 Å². The van der Waals surface area contributed by atoms with Gasteiger partial charge in [-0.1, -0.05) is 43.0 Å². The van der Waals surface area contributed by atoms with Gasteiger partial charge in [-0.15, -0.1) is 0 Å². The van der Waals surface area contributed by atoms with E-state index >= 15 is 0 Å². The van der Waals surface area contributed by atoms with E-state index in [2.05, 4.69) is 43.9 Å². The number of carbonyl (C=O) groups excluding carboxylic acids is 1. The molecule has 4 nitrogen and oxygen atoms in total. The number of ketones is 1. The van der Waals surface area contributed by atoms with Crippen molar-refractivity contribution >= 4 is 23.2 Å². The summed E-state index contributed by atoms with van der Waals surface area (Å²) in [6, 6.07) is 8.39. The Bertz CT molecular complexity index is 1160. The van der Waals surface area contributed by atoms with Gasteiger partial charge in [-0.25, -0.2) is 4.98 Å². The molecule has 29 heavy (non-hydrogen) atoms. The first-order chi connectivity index (χ1) is 14.0. The second kappa shape index (κ2) is 7.55.